The number of nitrogens with zero attached hydrogens (tertiary/aromatic N) is 2. The molecule has 2 heterocycles. The zero-order chi connectivity index (χ0) is 18.5. The van der Waals surface area contributed by atoms with Crippen LogP contribution in [0.2, 0.25) is 0 Å². The van der Waals surface area contributed by atoms with E-state index in [0.717, 1.165) is 11.1 Å². The van der Waals surface area contributed by atoms with Gasteiger partial charge in [0.25, 0.3) is 5.91 Å². The second kappa shape index (κ2) is 7.52. The van der Waals surface area contributed by atoms with E-state index >= 15 is 0 Å². The van der Waals surface area contributed by atoms with Gasteiger partial charge >= 0.3 is 0 Å². The molecule has 4 N–H and O–H groups in total. The molecule has 0 spiro atoms. The van der Waals surface area contributed by atoms with Crippen molar-refractivity contribution in [3.05, 3.63) is 72.1 Å². The number of primary amides is 1. The number of benzene rings is 1. The lowest BCUT2D eigenvalue weighted by atomic mass is 10.1. The summed E-state index contributed by atoms with van der Waals surface area (Å²) in [6, 6.07) is 11.2. The second-order valence-electron chi connectivity index (χ2n) is 5.68. The van der Waals surface area contributed by atoms with E-state index in [-0.39, 0.29) is 5.91 Å². The largest absolute Gasteiger partial charge is 0.379 e. The highest BCUT2D eigenvalue weighted by Gasteiger charge is 2.13. The Balaban J connectivity index is 1.82. The predicted octanol–water partition coefficient (Wildman–Crippen LogP) is 2.56. The molecule has 0 aliphatic rings. The number of aromatic nitrogens is 2. The molecule has 3 aromatic rings. The number of nitrogens with one attached hydrogen (secondary N) is 2. The molecule has 0 saturated carbocycles. The Morgan fingerprint density at radius 1 is 1.27 bits per heavy atom. The normalized spacial score (nSPS) is 11.0. The van der Waals surface area contributed by atoms with E-state index in [4.69, 9.17) is 5.73 Å². The third-order valence-electron chi connectivity index (χ3n) is 3.81. The average molecular weight is 349 g/mol. The standard InChI is InChI=1S/C19H19N5O2/c1-2-5-17(25)23-14-7-3-6-13(10-14)11-21-18-15(19(20)26)12-22-24-9-4-8-16(18)24/h2-10,12,21H,11H2,1H3,(H2,20,26)(H,23,25). The Labute approximate surface area is 150 Å². The van der Waals surface area contributed by atoms with Gasteiger partial charge in [0, 0.05) is 18.4 Å². The number of allylic oxidation sites excluding steroid dienone is 1. The lowest BCUT2D eigenvalue weighted by Gasteiger charge is -2.12. The first-order chi connectivity index (χ1) is 12.6. The molecule has 0 saturated heterocycles. The summed E-state index contributed by atoms with van der Waals surface area (Å²) >= 11 is 0. The number of hydrogen-bond donors (Lipinski definition) is 3. The van der Waals surface area contributed by atoms with Crippen LogP contribution in [0.5, 0.6) is 0 Å². The zero-order valence-electron chi connectivity index (χ0n) is 14.3. The Morgan fingerprint density at radius 2 is 2.12 bits per heavy atom. The van der Waals surface area contributed by atoms with E-state index < -0.39 is 5.91 Å². The van der Waals surface area contributed by atoms with Crippen molar-refractivity contribution < 1.29 is 9.59 Å². The Kier molecular flexibility index (Phi) is 4.98. The van der Waals surface area contributed by atoms with Crippen molar-refractivity contribution in [1.29, 1.82) is 0 Å². The summed E-state index contributed by atoms with van der Waals surface area (Å²) in [6.45, 7) is 2.24. The highest BCUT2D eigenvalue weighted by molar-refractivity contribution is 6.02. The molecule has 3 rings (SSSR count). The summed E-state index contributed by atoms with van der Waals surface area (Å²) in [6.07, 6.45) is 6.39. The van der Waals surface area contributed by atoms with Gasteiger partial charge in [-0.05, 0) is 42.8 Å². The first kappa shape index (κ1) is 17.2. The van der Waals surface area contributed by atoms with Crippen molar-refractivity contribution in [2.45, 2.75) is 13.5 Å². The number of carbonyl (C=O) groups excluding carboxylic acids is 2. The molecular weight excluding hydrogens is 330 g/mol. The van der Waals surface area contributed by atoms with Crippen molar-refractivity contribution in [2.24, 2.45) is 5.73 Å². The first-order valence-electron chi connectivity index (χ1n) is 8.11. The topological polar surface area (TPSA) is 102 Å². The highest BCUT2D eigenvalue weighted by atomic mass is 16.1. The molecule has 0 aliphatic carbocycles. The molecule has 26 heavy (non-hydrogen) atoms. The van der Waals surface area contributed by atoms with Gasteiger partial charge < -0.3 is 16.4 Å². The number of hydrogen-bond acceptors (Lipinski definition) is 4. The smallest absolute Gasteiger partial charge is 0.252 e. The maximum absolute atomic E-state index is 11.7. The lowest BCUT2D eigenvalue weighted by Crippen LogP contribution is -2.16. The summed E-state index contributed by atoms with van der Waals surface area (Å²) in [5.41, 5.74) is 8.83. The molecular formula is C19H19N5O2. The fourth-order valence-corrected chi connectivity index (χ4v) is 2.65. The van der Waals surface area contributed by atoms with Gasteiger partial charge in [-0.2, -0.15) is 5.10 Å². The molecule has 0 radical (unpaired) electrons. The minimum Gasteiger partial charge on any atom is -0.379 e. The summed E-state index contributed by atoms with van der Waals surface area (Å²) < 4.78 is 1.67. The van der Waals surface area contributed by atoms with Crippen LogP contribution in [0.4, 0.5) is 11.4 Å². The molecule has 2 amide bonds. The molecule has 0 unspecified atom stereocenters. The first-order valence-corrected chi connectivity index (χ1v) is 8.11. The number of carbonyl (C=O) groups is 2. The van der Waals surface area contributed by atoms with Crippen LogP contribution < -0.4 is 16.4 Å². The van der Waals surface area contributed by atoms with E-state index in [1.807, 2.05) is 36.4 Å². The van der Waals surface area contributed by atoms with Gasteiger partial charge in [0.2, 0.25) is 5.91 Å². The molecule has 0 bridgehead atoms. The molecule has 0 aliphatic heterocycles. The molecule has 1 aromatic carbocycles. The van der Waals surface area contributed by atoms with Gasteiger partial charge in [0.15, 0.2) is 0 Å². The van der Waals surface area contributed by atoms with Crippen molar-refractivity contribution in [1.82, 2.24) is 9.61 Å². The summed E-state index contributed by atoms with van der Waals surface area (Å²) in [4.78, 5) is 23.4. The zero-order valence-corrected chi connectivity index (χ0v) is 14.3. The van der Waals surface area contributed by atoms with Crippen LogP contribution in [-0.2, 0) is 11.3 Å². The number of nitrogens with two attached hydrogens (primary N) is 1. The average Bonchev–Trinajstić information content (AvgIpc) is 3.08. The Morgan fingerprint density at radius 3 is 2.88 bits per heavy atom. The van der Waals surface area contributed by atoms with Gasteiger partial charge in [-0.1, -0.05) is 18.2 Å². The van der Waals surface area contributed by atoms with Crippen LogP contribution in [0.25, 0.3) is 5.52 Å². The maximum atomic E-state index is 11.7. The molecule has 0 fully saturated rings. The number of rotatable bonds is 6. The summed E-state index contributed by atoms with van der Waals surface area (Å²) in [5.74, 6) is -0.728. The van der Waals surface area contributed by atoms with Gasteiger partial charge in [-0.15, -0.1) is 0 Å². The van der Waals surface area contributed by atoms with Crippen LogP contribution in [0.3, 0.4) is 0 Å². The van der Waals surface area contributed by atoms with Crippen molar-refractivity contribution in [3.8, 4) is 0 Å². The van der Waals surface area contributed by atoms with Crippen molar-refractivity contribution >= 4 is 28.7 Å². The van der Waals surface area contributed by atoms with E-state index in [9.17, 15) is 9.59 Å². The van der Waals surface area contributed by atoms with Gasteiger partial charge in [0.05, 0.1) is 23.0 Å². The Hall–Kier alpha value is -3.61. The van der Waals surface area contributed by atoms with E-state index in [1.165, 1.54) is 12.3 Å². The van der Waals surface area contributed by atoms with Gasteiger partial charge in [0.1, 0.15) is 0 Å². The highest BCUT2D eigenvalue weighted by Crippen LogP contribution is 2.22. The number of amides is 2. The SMILES string of the molecule is CC=CC(=O)Nc1cccc(CNc2c(C(N)=O)cnn3cccc23)c1. The molecule has 2 aromatic heterocycles. The third-order valence-corrected chi connectivity index (χ3v) is 3.81. The molecule has 7 heteroatoms. The number of anilines is 2. The quantitative estimate of drug-likeness (QED) is 0.595. The summed E-state index contributed by atoms with van der Waals surface area (Å²) in [5, 5.41) is 10.2. The van der Waals surface area contributed by atoms with Crippen LogP contribution in [-0.4, -0.2) is 21.4 Å². The molecule has 0 atom stereocenters. The van der Waals surface area contributed by atoms with Crippen LogP contribution >= 0.6 is 0 Å². The fourth-order valence-electron chi connectivity index (χ4n) is 2.65. The van der Waals surface area contributed by atoms with Gasteiger partial charge in [-0.3, -0.25) is 9.59 Å². The van der Waals surface area contributed by atoms with E-state index in [0.29, 0.717) is 23.5 Å². The van der Waals surface area contributed by atoms with E-state index in [2.05, 4.69) is 15.7 Å². The van der Waals surface area contributed by atoms with Crippen LogP contribution in [0.15, 0.2) is 60.9 Å². The van der Waals surface area contributed by atoms with E-state index in [1.54, 1.807) is 23.7 Å². The lowest BCUT2D eigenvalue weighted by molar-refractivity contribution is -0.111. The van der Waals surface area contributed by atoms with Crippen molar-refractivity contribution in [3.63, 3.8) is 0 Å². The third kappa shape index (κ3) is 3.72. The second-order valence-corrected chi connectivity index (χ2v) is 5.68. The maximum Gasteiger partial charge on any atom is 0.252 e. The summed E-state index contributed by atoms with van der Waals surface area (Å²) in [7, 11) is 0. The Bertz CT molecular complexity index is 991. The molecule has 132 valence electrons. The van der Waals surface area contributed by atoms with Crippen molar-refractivity contribution in [2.75, 3.05) is 10.6 Å². The van der Waals surface area contributed by atoms with Crippen LogP contribution in [0.1, 0.15) is 22.8 Å². The monoisotopic (exact) mass is 349 g/mol. The number of fused-ring (bicyclic) bond motifs is 1. The molecule has 7 nitrogen and oxygen atoms in total. The minimum atomic E-state index is -0.545. The minimum absolute atomic E-state index is 0.183. The predicted molar refractivity (Wildman–Crippen MR) is 101 cm³/mol. The van der Waals surface area contributed by atoms with Crippen LogP contribution in [0, 0.1) is 0 Å². The fraction of sp³-hybridized carbons (Fsp3) is 0.105. The van der Waals surface area contributed by atoms with Gasteiger partial charge in [-0.25, -0.2) is 4.52 Å².